The molecule has 0 atom stereocenters. The largest absolute Gasteiger partial charge is 0.490 e. The Morgan fingerprint density at radius 3 is 2.41 bits per heavy atom. The van der Waals surface area contributed by atoms with Gasteiger partial charge in [0.05, 0.1) is 10.2 Å². The van der Waals surface area contributed by atoms with E-state index in [4.69, 9.17) is 27.2 Å². The Labute approximate surface area is 161 Å². The first kappa shape index (κ1) is 21.4. The van der Waals surface area contributed by atoms with Gasteiger partial charge in [-0.2, -0.15) is 13.2 Å². The van der Waals surface area contributed by atoms with Crippen LogP contribution >= 0.6 is 22.9 Å². The summed E-state index contributed by atoms with van der Waals surface area (Å²) in [5, 5.41) is 11.3. The first-order valence-electron chi connectivity index (χ1n) is 7.99. The number of nitrogens with two attached hydrogens (primary N) is 1. The van der Waals surface area contributed by atoms with Crippen LogP contribution in [0.4, 0.5) is 18.3 Å². The summed E-state index contributed by atoms with van der Waals surface area (Å²) in [4.78, 5) is 25.5. The molecular weight excluding hydrogens is 407 g/mol. The van der Waals surface area contributed by atoms with Crippen LogP contribution in [0.2, 0.25) is 5.02 Å². The molecule has 1 aliphatic carbocycles. The van der Waals surface area contributed by atoms with Gasteiger partial charge in [0.1, 0.15) is 0 Å². The molecular formula is C16H17ClF3N3O3S. The van der Waals surface area contributed by atoms with E-state index >= 15 is 0 Å². The van der Waals surface area contributed by atoms with Gasteiger partial charge < -0.3 is 16.2 Å². The van der Waals surface area contributed by atoms with Crippen LogP contribution in [-0.4, -0.2) is 34.2 Å². The molecule has 0 bridgehead atoms. The molecule has 0 spiro atoms. The molecule has 11 heteroatoms. The quantitative estimate of drug-likeness (QED) is 0.676. The third kappa shape index (κ3) is 6.33. The lowest BCUT2D eigenvalue weighted by atomic mass is 9.86. The van der Waals surface area contributed by atoms with Crippen molar-refractivity contribution in [2.75, 3.05) is 5.32 Å². The normalized spacial score (nSPS) is 19.9. The summed E-state index contributed by atoms with van der Waals surface area (Å²) in [5.74, 6) is -2.64. The molecule has 1 amide bonds. The number of rotatable bonds is 2. The molecule has 1 aromatic carbocycles. The number of hydrogen-bond acceptors (Lipinski definition) is 5. The van der Waals surface area contributed by atoms with Crippen LogP contribution in [-0.2, 0) is 9.59 Å². The van der Waals surface area contributed by atoms with Gasteiger partial charge in [-0.05, 0) is 43.9 Å². The number of nitrogens with zero attached hydrogens (tertiary/aromatic N) is 1. The van der Waals surface area contributed by atoms with Crippen molar-refractivity contribution in [3.05, 3.63) is 23.2 Å². The Bertz CT molecular complexity index is 820. The smallest absolute Gasteiger partial charge is 0.475 e. The zero-order chi connectivity index (χ0) is 20.2. The zero-order valence-corrected chi connectivity index (χ0v) is 15.5. The first-order chi connectivity index (χ1) is 12.6. The van der Waals surface area contributed by atoms with Crippen LogP contribution < -0.4 is 11.1 Å². The van der Waals surface area contributed by atoms with E-state index in [9.17, 15) is 18.0 Å². The summed E-state index contributed by atoms with van der Waals surface area (Å²) >= 11 is 7.41. The summed E-state index contributed by atoms with van der Waals surface area (Å²) in [6, 6.07) is 5.81. The van der Waals surface area contributed by atoms with Crippen LogP contribution in [0.1, 0.15) is 25.7 Å². The van der Waals surface area contributed by atoms with E-state index in [2.05, 4.69) is 10.3 Å². The fourth-order valence-corrected chi connectivity index (χ4v) is 3.56. The predicted octanol–water partition coefficient (Wildman–Crippen LogP) is 4.04. The number of benzene rings is 1. The summed E-state index contributed by atoms with van der Waals surface area (Å²) < 4.78 is 32.8. The van der Waals surface area contributed by atoms with E-state index < -0.39 is 12.1 Å². The highest BCUT2D eigenvalue weighted by molar-refractivity contribution is 7.22. The fraction of sp³-hybridized carbons (Fsp3) is 0.438. The van der Waals surface area contributed by atoms with Gasteiger partial charge in [-0.3, -0.25) is 4.79 Å². The number of aliphatic carboxylic acids is 1. The van der Waals surface area contributed by atoms with Gasteiger partial charge >= 0.3 is 12.1 Å². The van der Waals surface area contributed by atoms with Crippen LogP contribution in [0.15, 0.2) is 18.2 Å². The Balaban J connectivity index is 0.000000321. The van der Waals surface area contributed by atoms with Crippen molar-refractivity contribution in [3.63, 3.8) is 0 Å². The van der Waals surface area contributed by atoms with Crippen molar-refractivity contribution in [1.82, 2.24) is 4.98 Å². The van der Waals surface area contributed by atoms with Gasteiger partial charge in [0.2, 0.25) is 5.91 Å². The van der Waals surface area contributed by atoms with Gasteiger partial charge in [-0.25, -0.2) is 9.78 Å². The Morgan fingerprint density at radius 1 is 1.26 bits per heavy atom. The molecule has 1 saturated carbocycles. The van der Waals surface area contributed by atoms with E-state index in [0.29, 0.717) is 10.2 Å². The Hall–Kier alpha value is -1.91. The summed E-state index contributed by atoms with van der Waals surface area (Å²) in [6.45, 7) is 0. The molecule has 1 heterocycles. The monoisotopic (exact) mass is 423 g/mol. The number of thiazole rings is 1. The molecule has 1 fully saturated rings. The third-order valence-corrected chi connectivity index (χ3v) is 5.15. The molecule has 1 aliphatic rings. The van der Waals surface area contributed by atoms with E-state index in [0.717, 1.165) is 35.9 Å². The molecule has 0 aliphatic heterocycles. The van der Waals surface area contributed by atoms with Crippen molar-refractivity contribution in [2.24, 2.45) is 11.7 Å². The van der Waals surface area contributed by atoms with Crippen molar-refractivity contribution in [2.45, 2.75) is 37.9 Å². The molecule has 6 nitrogen and oxygen atoms in total. The van der Waals surface area contributed by atoms with E-state index in [1.165, 1.54) is 11.3 Å². The molecule has 2 aromatic rings. The minimum absolute atomic E-state index is 0.0575. The van der Waals surface area contributed by atoms with Gasteiger partial charge in [0.25, 0.3) is 0 Å². The van der Waals surface area contributed by atoms with E-state index in [-0.39, 0.29) is 17.9 Å². The second-order valence-electron chi connectivity index (χ2n) is 6.03. The SMILES string of the molecule is N[C@H]1CC[C@H](C(=O)Nc2nc3cc(Cl)ccc3s2)CC1.O=C(O)C(F)(F)F. The van der Waals surface area contributed by atoms with Crippen molar-refractivity contribution < 1.29 is 27.9 Å². The maximum Gasteiger partial charge on any atom is 0.490 e. The third-order valence-electron chi connectivity index (χ3n) is 3.96. The number of carboxylic acid groups (broad SMARTS) is 1. The number of carbonyl (C=O) groups is 2. The fourth-order valence-electron chi connectivity index (χ4n) is 2.54. The predicted molar refractivity (Wildman–Crippen MR) is 96.9 cm³/mol. The number of alkyl halides is 3. The molecule has 0 unspecified atom stereocenters. The topological polar surface area (TPSA) is 105 Å². The summed E-state index contributed by atoms with van der Waals surface area (Å²) in [5.41, 5.74) is 6.68. The molecule has 4 N–H and O–H groups in total. The number of nitrogens with one attached hydrogen (secondary N) is 1. The lowest BCUT2D eigenvalue weighted by Crippen LogP contribution is -2.32. The van der Waals surface area contributed by atoms with Crippen LogP contribution in [0.3, 0.4) is 0 Å². The maximum atomic E-state index is 12.2. The van der Waals surface area contributed by atoms with Gasteiger partial charge in [-0.15, -0.1) is 0 Å². The average Bonchev–Trinajstić information content (AvgIpc) is 2.96. The average molecular weight is 424 g/mol. The minimum atomic E-state index is -5.08. The van der Waals surface area contributed by atoms with E-state index in [1.807, 2.05) is 18.2 Å². The molecule has 148 valence electrons. The van der Waals surface area contributed by atoms with Crippen molar-refractivity contribution >= 4 is 50.2 Å². The number of aromatic nitrogens is 1. The number of halogens is 4. The van der Waals surface area contributed by atoms with Gasteiger partial charge in [0, 0.05) is 17.0 Å². The number of carbonyl (C=O) groups excluding carboxylic acids is 1. The number of carboxylic acids is 1. The van der Waals surface area contributed by atoms with Gasteiger partial charge in [0.15, 0.2) is 5.13 Å². The highest BCUT2D eigenvalue weighted by Crippen LogP contribution is 2.30. The molecule has 27 heavy (non-hydrogen) atoms. The first-order valence-corrected chi connectivity index (χ1v) is 9.18. The highest BCUT2D eigenvalue weighted by Gasteiger charge is 2.38. The summed E-state index contributed by atoms with van der Waals surface area (Å²) in [6.07, 6.45) is -1.51. The molecule has 1 aromatic heterocycles. The van der Waals surface area contributed by atoms with Gasteiger partial charge in [-0.1, -0.05) is 22.9 Å². The highest BCUT2D eigenvalue weighted by atomic mass is 35.5. The molecule has 0 saturated heterocycles. The number of anilines is 1. The molecule has 0 radical (unpaired) electrons. The Morgan fingerprint density at radius 2 is 1.85 bits per heavy atom. The lowest BCUT2D eigenvalue weighted by molar-refractivity contribution is -0.192. The number of amides is 1. The van der Waals surface area contributed by atoms with Crippen molar-refractivity contribution in [1.29, 1.82) is 0 Å². The number of hydrogen-bond donors (Lipinski definition) is 3. The lowest BCUT2D eigenvalue weighted by Gasteiger charge is -2.24. The second-order valence-corrected chi connectivity index (χ2v) is 7.50. The van der Waals surface area contributed by atoms with Crippen LogP contribution in [0, 0.1) is 5.92 Å². The minimum Gasteiger partial charge on any atom is -0.475 e. The molecule has 3 rings (SSSR count). The standard InChI is InChI=1S/C14H16ClN3OS.C2HF3O2/c15-9-3-6-12-11(7-9)17-14(20-12)18-13(19)8-1-4-10(16)5-2-8;3-2(4,5)1(6)7/h3,6-8,10H,1-2,4-5,16H2,(H,17,18,19);(H,6,7)/t8-,10-;. The maximum absolute atomic E-state index is 12.2. The number of fused-ring (bicyclic) bond motifs is 1. The van der Waals surface area contributed by atoms with Crippen LogP contribution in [0.5, 0.6) is 0 Å². The zero-order valence-electron chi connectivity index (χ0n) is 13.9. The summed E-state index contributed by atoms with van der Waals surface area (Å²) in [7, 11) is 0. The Kier molecular flexibility index (Phi) is 7.01. The van der Waals surface area contributed by atoms with Crippen molar-refractivity contribution in [3.8, 4) is 0 Å². The van der Waals surface area contributed by atoms with Crippen LogP contribution in [0.25, 0.3) is 10.2 Å². The van der Waals surface area contributed by atoms with E-state index in [1.54, 1.807) is 0 Å². The second kappa shape index (κ2) is 8.85.